The minimum Gasteiger partial charge on any atom is -0.343 e. The zero-order valence-electron chi connectivity index (χ0n) is 13.8. The van der Waals surface area contributed by atoms with E-state index < -0.39 is 0 Å². The number of likely N-dealkylation sites (tertiary alicyclic amines) is 1. The number of aromatic nitrogens is 2. The summed E-state index contributed by atoms with van der Waals surface area (Å²) in [6.45, 7) is 3.82. The normalized spacial score (nSPS) is 20.1. The van der Waals surface area contributed by atoms with Gasteiger partial charge in [0.05, 0.1) is 0 Å². The monoisotopic (exact) mass is 323 g/mol. The van der Waals surface area contributed by atoms with Crippen molar-refractivity contribution in [2.75, 3.05) is 18.4 Å². The molecule has 0 spiro atoms. The Kier molecular flexibility index (Phi) is 3.80. The molecule has 1 N–H and O–H groups in total. The van der Waals surface area contributed by atoms with E-state index in [1.54, 1.807) is 10.6 Å². The number of nitrogens with zero attached hydrogens (tertiary/aromatic N) is 4. The van der Waals surface area contributed by atoms with Crippen LogP contribution in [0.4, 0.5) is 5.95 Å². The van der Waals surface area contributed by atoms with Gasteiger partial charge in [0.2, 0.25) is 11.9 Å². The molecule has 0 radical (unpaired) electrons. The topological polar surface area (TPSA) is 62.5 Å². The van der Waals surface area contributed by atoms with Gasteiger partial charge < -0.3 is 4.90 Å². The van der Waals surface area contributed by atoms with Gasteiger partial charge in [-0.05, 0) is 31.7 Å². The van der Waals surface area contributed by atoms with E-state index in [1.807, 2.05) is 37.3 Å². The molecular weight excluding hydrogens is 302 g/mol. The molecule has 0 bridgehead atoms. The molecule has 1 atom stereocenters. The summed E-state index contributed by atoms with van der Waals surface area (Å²) in [5.74, 6) is 1.39. The smallest absolute Gasteiger partial charge is 0.257 e. The fraction of sp³-hybridized carbons (Fsp3) is 0.389. The first-order valence-electron chi connectivity index (χ1n) is 8.47. The molecule has 1 fully saturated rings. The van der Waals surface area contributed by atoms with Crippen molar-refractivity contribution in [1.29, 1.82) is 0 Å². The van der Waals surface area contributed by atoms with Crippen molar-refractivity contribution < 1.29 is 0 Å². The van der Waals surface area contributed by atoms with Gasteiger partial charge in [0.25, 0.3) is 5.56 Å². The standard InChI is InChI=1S/C18H21N5O/c1-13-12-15(24)23-16(14-8-4-2-5-9-14)20-17(21-18(23)19-13)22-10-6-3-7-11-22/h2,4-5,8-9,12,16H,3,6-7,10-11H2,1H3,(H,19,20,21)/t16-/m1/s1. The third-order valence-corrected chi connectivity index (χ3v) is 4.55. The molecule has 4 rings (SSSR count). The highest BCUT2D eigenvalue weighted by Crippen LogP contribution is 2.26. The molecular formula is C18H21N5O. The number of rotatable bonds is 1. The number of anilines is 1. The van der Waals surface area contributed by atoms with Crippen LogP contribution in [0, 0.1) is 6.92 Å². The van der Waals surface area contributed by atoms with Crippen molar-refractivity contribution in [3.8, 4) is 0 Å². The van der Waals surface area contributed by atoms with E-state index in [0.29, 0.717) is 11.6 Å². The molecule has 124 valence electrons. The second-order valence-corrected chi connectivity index (χ2v) is 6.34. The van der Waals surface area contributed by atoms with Crippen molar-refractivity contribution >= 4 is 11.9 Å². The van der Waals surface area contributed by atoms with Crippen molar-refractivity contribution in [1.82, 2.24) is 14.5 Å². The quantitative estimate of drug-likeness (QED) is 0.875. The Bertz CT molecular complexity index is 821. The Labute approximate surface area is 140 Å². The summed E-state index contributed by atoms with van der Waals surface area (Å²) >= 11 is 0. The summed E-state index contributed by atoms with van der Waals surface area (Å²) in [5, 5.41) is 3.28. The molecule has 1 aromatic heterocycles. The number of benzene rings is 1. The summed E-state index contributed by atoms with van der Waals surface area (Å²) in [7, 11) is 0. The van der Waals surface area contributed by atoms with Crippen LogP contribution in [0.2, 0.25) is 0 Å². The van der Waals surface area contributed by atoms with E-state index in [9.17, 15) is 4.79 Å². The van der Waals surface area contributed by atoms with Crippen LogP contribution in [-0.4, -0.2) is 33.5 Å². The van der Waals surface area contributed by atoms with E-state index in [4.69, 9.17) is 4.99 Å². The first kappa shape index (κ1) is 14.9. The van der Waals surface area contributed by atoms with E-state index in [-0.39, 0.29) is 11.7 Å². The zero-order valence-corrected chi connectivity index (χ0v) is 13.8. The lowest BCUT2D eigenvalue weighted by molar-refractivity contribution is 0.335. The van der Waals surface area contributed by atoms with Crippen LogP contribution in [0.15, 0.2) is 46.2 Å². The predicted molar refractivity (Wildman–Crippen MR) is 94.3 cm³/mol. The molecule has 2 aliphatic heterocycles. The summed E-state index contributed by atoms with van der Waals surface area (Å²) in [5.41, 5.74) is 1.62. The number of hydrogen-bond donors (Lipinski definition) is 1. The molecule has 1 aromatic carbocycles. The molecule has 0 saturated carbocycles. The van der Waals surface area contributed by atoms with Crippen LogP contribution in [0.3, 0.4) is 0 Å². The Morgan fingerprint density at radius 3 is 2.62 bits per heavy atom. The van der Waals surface area contributed by atoms with Crippen LogP contribution in [0.25, 0.3) is 0 Å². The highest BCUT2D eigenvalue weighted by Gasteiger charge is 2.27. The van der Waals surface area contributed by atoms with Gasteiger partial charge in [0, 0.05) is 24.8 Å². The minimum absolute atomic E-state index is 0.0831. The number of nitrogens with one attached hydrogen (secondary N) is 1. The molecule has 24 heavy (non-hydrogen) atoms. The predicted octanol–water partition coefficient (Wildman–Crippen LogP) is 2.37. The molecule has 2 aromatic rings. The van der Waals surface area contributed by atoms with Gasteiger partial charge in [0.15, 0.2) is 6.17 Å². The van der Waals surface area contributed by atoms with Crippen molar-refractivity contribution in [2.45, 2.75) is 32.4 Å². The molecule has 3 heterocycles. The lowest BCUT2D eigenvalue weighted by atomic mass is 10.1. The van der Waals surface area contributed by atoms with Gasteiger partial charge in [-0.3, -0.25) is 14.7 Å². The van der Waals surface area contributed by atoms with Crippen molar-refractivity contribution in [3.63, 3.8) is 0 Å². The molecule has 0 amide bonds. The average molecular weight is 323 g/mol. The van der Waals surface area contributed by atoms with E-state index >= 15 is 0 Å². The molecule has 0 aliphatic carbocycles. The van der Waals surface area contributed by atoms with Crippen LogP contribution < -0.4 is 10.9 Å². The molecule has 6 nitrogen and oxygen atoms in total. The Hall–Kier alpha value is -2.63. The number of piperidine rings is 1. The highest BCUT2D eigenvalue weighted by molar-refractivity contribution is 5.93. The molecule has 2 aliphatic rings. The Morgan fingerprint density at radius 1 is 1.12 bits per heavy atom. The first-order chi connectivity index (χ1) is 11.7. The van der Waals surface area contributed by atoms with E-state index in [0.717, 1.165) is 24.6 Å². The van der Waals surface area contributed by atoms with Crippen molar-refractivity contribution in [3.05, 3.63) is 58.0 Å². The second kappa shape index (κ2) is 6.11. The molecule has 1 saturated heterocycles. The number of aryl methyl sites for hydroxylation is 1. The number of fused-ring (bicyclic) bond motifs is 1. The van der Waals surface area contributed by atoms with Crippen LogP contribution in [-0.2, 0) is 0 Å². The maximum atomic E-state index is 12.6. The Morgan fingerprint density at radius 2 is 1.88 bits per heavy atom. The van der Waals surface area contributed by atoms with Gasteiger partial charge in [-0.15, -0.1) is 0 Å². The summed E-state index contributed by atoms with van der Waals surface area (Å²) in [6, 6.07) is 11.5. The average Bonchev–Trinajstić information content (AvgIpc) is 2.62. The van der Waals surface area contributed by atoms with Crippen LogP contribution in [0.1, 0.15) is 36.7 Å². The fourth-order valence-corrected chi connectivity index (χ4v) is 3.35. The minimum atomic E-state index is -0.375. The van der Waals surface area contributed by atoms with Gasteiger partial charge in [-0.25, -0.2) is 9.98 Å². The lowest BCUT2D eigenvalue weighted by Crippen LogP contribution is -2.45. The second-order valence-electron chi connectivity index (χ2n) is 6.34. The van der Waals surface area contributed by atoms with Crippen molar-refractivity contribution in [2.24, 2.45) is 4.99 Å². The van der Waals surface area contributed by atoms with Gasteiger partial charge in [0.1, 0.15) is 0 Å². The first-order valence-corrected chi connectivity index (χ1v) is 8.47. The van der Waals surface area contributed by atoms with Gasteiger partial charge in [-0.1, -0.05) is 30.3 Å². The van der Waals surface area contributed by atoms with Crippen LogP contribution >= 0.6 is 0 Å². The maximum Gasteiger partial charge on any atom is 0.257 e. The summed E-state index contributed by atoms with van der Waals surface area (Å²) in [4.78, 5) is 24.2. The van der Waals surface area contributed by atoms with E-state index in [2.05, 4.69) is 15.2 Å². The van der Waals surface area contributed by atoms with E-state index in [1.165, 1.54) is 19.3 Å². The molecule has 6 heteroatoms. The zero-order chi connectivity index (χ0) is 16.5. The lowest BCUT2D eigenvalue weighted by Gasteiger charge is -2.34. The maximum absolute atomic E-state index is 12.6. The van der Waals surface area contributed by atoms with Crippen LogP contribution in [0.5, 0.6) is 0 Å². The molecule has 0 unspecified atom stereocenters. The third kappa shape index (κ3) is 2.68. The Balaban J connectivity index is 1.82. The largest absolute Gasteiger partial charge is 0.343 e. The number of guanidine groups is 1. The summed E-state index contributed by atoms with van der Waals surface area (Å²) in [6.07, 6.45) is 3.23. The fourth-order valence-electron chi connectivity index (χ4n) is 3.35. The summed E-state index contributed by atoms with van der Waals surface area (Å²) < 4.78 is 1.63. The number of aliphatic imine (C=N–C) groups is 1. The number of hydrogen-bond acceptors (Lipinski definition) is 5. The third-order valence-electron chi connectivity index (χ3n) is 4.55. The van der Waals surface area contributed by atoms with Gasteiger partial charge in [-0.2, -0.15) is 0 Å². The highest BCUT2D eigenvalue weighted by atomic mass is 16.1. The van der Waals surface area contributed by atoms with Gasteiger partial charge >= 0.3 is 0 Å². The SMILES string of the molecule is Cc1cc(=O)n2c(n1)NC(N1CCCCC1)=N[C@H]2c1ccccc1.